The van der Waals surface area contributed by atoms with Gasteiger partial charge in [0.2, 0.25) is 11.8 Å². The normalized spacial score (nSPS) is 12.1. The van der Waals surface area contributed by atoms with Gasteiger partial charge in [-0.2, -0.15) is 0 Å². The minimum Gasteiger partial charge on any atom is -0.357 e. The van der Waals surface area contributed by atoms with Crippen molar-refractivity contribution in [3.63, 3.8) is 0 Å². The number of carbonyl (C=O) groups excluding carboxylic acids is 2. The third-order valence-corrected chi connectivity index (χ3v) is 8.83. The highest BCUT2D eigenvalue weighted by Crippen LogP contribution is 2.29. The van der Waals surface area contributed by atoms with Crippen LogP contribution in [-0.2, 0) is 26.2 Å². The molecule has 0 saturated heterocycles. The molecule has 0 radical (unpaired) electrons. The number of rotatable bonds is 10. The number of aryl methyl sites for hydroxylation is 2. The first-order valence-electron chi connectivity index (χ1n) is 12.1. The minimum absolute atomic E-state index is 0.0253. The summed E-state index contributed by atoms with van der Waals surface area (Å²) in [6.45, 7) is 4.92. The Kier molecular flexibility index (Phi) is 9.82. The highest BCUT2D eigenvalue weighted by Gasteiger charge is 2.33. The lowest BCUT2D eigenvalue weighted by molar-refractivity contribution is -0.140. The van der Waals surface area contributed by atoms with Crippen LogP contribution in [-0.4, -0.2) is 44.8 Å². The number of benzene rings is 3. The summed E-state index contributed by atoms with van der Waals surface area (Å²) in [5.74, 6) is -0.924. The van der Waals surface area contributed by atoms with Crippen molar-refractivity contribution in [3.8, 4) is 0 Å². The van der Waals surface area contributed by atoms with E-state index in [1.54, 1.807) is 62.4 Å². The van der Waals surface area contributed by atoms with E-state index in [0.717, 1.165) is 15.4 Å². The molecule has 38 heavy (non-hydrogen) atoms. The second-order valence-corrected chi connectivity index (χ2v) is 11.6. The number of halogens is 2. The van der Waals surface area contributed by atoms with E-state index in [4.69, 9.17) is 23.2 Å². The Balaban J connectivity index is 2.10. The number of hydrogen-bond donors (Lipinski definition) is 1. The first-order valence-corrected chi connectivity index (χ1v) is 14.3. The Morgan fingerprint density at radius 3 is 2.18 bits per heavy atom. The van der Waals surface area contributed by atoms with Crippen molar-refractivity contribution in [1.29, 1.82) is 0 Å². The summed E-state index contributed by atoms with van der Waals surface area (Å²) < 4.78 is 28.7. The summed E-state index contributed by atoms with van der Waals surface area (Å²) in [5, 5.41) is 3.40. The van der Waals surface area contributed by atoms with Crippen LogP contribution in [0.15, 0.2) is 71.6 Å². The SMILES string of the molecule is CC[C@@H](C(=O)NC)N(Cc1ccccc1Cl)C(=O)CN(c1ccc(C)c(Cl)c1)S(=O)(=O)c1ccc(C)cc1. The number of carbonyl (C=O) groups is 2. The average molecular weight is 577 g/mol. The fourth-order valence-electron chi connectivity index (χ4n) is 4.00. The maximum Gasteiger partial charge on any atom is 0.264 e. The van der Waals surface area contributed by atoms with Crippen LogP contribution < -0.4 is 9.62 Å². The summed E-state index contributed by atoms with van der Waals surface area (Å²) in [6.07, 6.45) is 0.316. The van der Waals surface area contributed by atoms with Crippen molar-refractivity contribution in [2.24, 2.45) is 0 Å². The fraction of sp³-hybridized carbons (Fsp3) is 0.286. The largest absolute Gasteiger partial charge is 0.357 e. The Labute approximate surface area is 234 Å². The molecule has 0 heterocycles. The van der Waals surface area contributed by atoms with Crippen LogP contribution >= 0.6 is 23.2 Å². The van der Waals surface area contributed by atoms with Crippen molar-refractivity contribution < 1.29 is 18.0 Å². The van der Waals surface area contributed by atoms with Gasteiger partial charge in [-0.3, -0.25) is 13.9 Å². The van der Waals surface area contributed by atoms with Crippen LogP contribution in [0.1, 0.15) is 30.0 Å². The van der Waals surface area contributed by atoms with E-state index >= 15 is 0 Å². The third kappa shape index (κ3) is 6.67. The summed E-state index contributed by atoms with van der Waals surface area (Å²) in [7, 11) is -2.68. The van der Waals surface area contributed by atoms with Gasteiger partial charge in [0.1, 0.15) is 12.6 Å². The molecule has 0 unspecified atom stereocenters. The number of sulfonamides is 1. The molecule has 10 heteroatoms. The van der Waals surface area contributed by atoms with Gasteiger partial charge in [-0.25, -0.2) is 8.42 Å². The molecule has 1 atom stereocenters. The molecule has 0 aliphatic carbocycles. The summed E-state index contributed by atoms with van der Waals surface area (Å²) in [5.41, 5.74) is 2.53. The Morgan fingerprint density at radius 2 is 1.61 bits per heavy atom. The lowest BCUT2D eigenvalue weighted by Crippen LogP contribution is -2.51. The monoisotopic (exact) mass is 575 g/mol. The number of nitrogens with zero attached hydrogens (tertiary/aromatic N) is 2. The summed E-state index contributed by atoms with van der Waals surface area (Å²) >= 11 is 12.7. The lowest BCUT2D eigenvalue weighted by atomic mass is 10.1. The van der Waals surface area contributed by atoms with Crippen LogP contribution in [0.3, 0.4) is 0 Å². The first kappa shape index (κ1) is 29.5. The van der Waals surface area contributed by atoms with E-state index < -0.39 is 28.5 Å². The highest BCUT2D eigenvalue weighted by atomic mass is 35.5. The van der Waals surface area contributed by atoms with Crippen molar-refractivity contribution in [2.75, 3.05) is 17.9 Å². The third-order valence-electron chi connectivity index (χ3n) is 6.26. The molecule has 1 N–H and O–H groups in total. The lowest BCUT2D eigenvalue weighted by Gasteiger charge is -2.33. The van der Waals surface area contributed by atoms with Gasteiger partial charge in [0, 0.05) is 23.6 Å². The molecule has 0 aromatic heterocycles. The number of hydrogen-bond acceptors (Lipinski definition) is 4. The molecule has 7 nitrogen and oxygen atoms in total. The van der Waals surface area contributed by atoms with Crippen LogP contribution in [0.4, 0.5) is 5.69 Å². The molecular formula is C28H31Cl2N3O4S. The molecule has 3 aromatic carbocycles. The standard InChI is InChI=1S/C28H31Cl2N3O4S/c1-5-26(28(35)31-4)32(17-21-8-6-7-9-24(21)29)27(34)18-33(22-13-12-20(3)25(30)16-22)38(36,37)23-14-10-19(2)11-15-23/h6-16,26H,5,17-18H2,1-4H3,(H,31,35)/t26-/m0/s1. The quantitative estimate of drug-likeness (QED) is 0.352. The second kappa shape index (κ2) is 12.7. The van der Waals surface area contributed by atoms with E-state index in [9.17, 15) is 18.0 Å². The van der Waals surface area contributed by atoms with Crippen molar-refractivity contribution in [1.82, 2.24) is 10.2 Å². The summed E-state index contributed by atoms with van der Waals surface area (Å²) in [6, 6.07) is 17.4. The van der Waals surface area contributed by atoms with Crippen LogP contribution in [0.5, 0.6) is 0 Å². The number of amides is 2. The predicted molar refractivity (Wildman–Crippen MR) is 152 cm³/mol. The van der Waals surface area contributed by atoms with Gasteiger partial charge >= 0.3 is 0 Å². The van der Waals surface area contributed by atoms with E-state index in [-0.39, 0.29) is 23.0 Å². The van der Waals surface area contributed by atoms with Gasteiger partial charge in [-0.05, 0) is 61.7 Å². The highest BCUT2D eigenvalue weighted by molar-refractivity contribution is 7.92. The van der Waals surface area contributed by atoms with Gasteiger partial charge in [-0.1, -0.05) is 72.1 Å². The Hall–Kier alpha value is -3.07. The number of nitrogens with one attached hydrogen (secondary N) is 1. The smallest absolute Gasteiger partial charge is 0.264 e. The van der Waals surface area contributed by atoms with Crippen molar-refractivity contribution >= 4 is 50.7 Å². The fourth-order valence-corrected chi connectivity index (χ4v) is 5.78. The zero-order valence-corrected chi connectivity index (χ0v) is 24.1. The molecule has 3 aromatic rings. The molecular weight excluding hydrogens is 545 g/mol. The Morgan fingerprint density at radius 1 is 0.947 bits per heavy atom. The van der Waals surface area contributed by atoms with Gasteiger partial charge in [0.05, 0.1) is 10.6 Å². The zero-order valence-electron chi connectivity index (χ0n) is 21.7. The maximum absolute atomic E-state index is 13.9. The Bertz CT molecular complexity index is 1410. The molecule has 2 amide bonds. The maximum atomic E-state index is 13.9. The number of anilines is 1. The molecule has 0 fully saturated rings. The van der Waals surface area contributed by atoms with E-state index in [2.05, 4.69) is 5.32 Å². The van der Waals surface area contributed by atoms with Gasteiger partial charge in [-0.15, -0.1) is 0 Å². The molecule has 0 spiro atoms. The van der Waals surface area contributed by atoms with Gasteiger partial charge in [0.15, 0.2) is 0 Å². The molecule has 0 aliphatic rings. The van der Waals surface area contributed by atoms with E-state index in [0.29, 0.717) is 22.0 Å². The van der Waals surface area contributed by atoms with Crippen LogP contribution in [0.2, 0.25) is 10.0 Å². The van der Waals surface area contributed by atoms with E-state index in [1.807, 2.05) is 6.92 Å². The molecule has 3 rings (SSSR count). The van der Waals surface area contributed by atoms with E-state index in [1.165, 1.54) is 30.1 Å². The summed E-state index contributed by atoms with van der Waals surface area (Å²) in [4.78, 5) is 28.1. The molecule has 0 aliphatic heterocycles. The first-order chi connectivity index (χ1) is 18.0. The molecule has 0 bridgehead atoms. The molecule has 202 valence electrons. The van der Waals surface area contributed by atoms with Gasteiger partial charge < -0.3 is 10.2 Å². The second-order valence-electron chi connectivity index (χ2n) is 8.91. The van der Waals surface area contributed by atoms with Crippen LogP contribution in [0.25, 0.3) is 0 Å². The topological polar surface area (TPSA) is 86.8 Å². The average Bonchev–Trinajstić information content (AvgIpc) is 2.89. The van der Waals surface area contributed by atoms with Gasteiger partial charge in [0.25, 0.3) is 10.0 Å². The minimum atomic E-state index is -4.17. The predicted octanol–water partition coefficient (Wildman–Crippen LogP) is 5.36. The zero-order chi connectivity index (χ0) is 28.0. The number of likely N-dealkylation sites (N-methyl/N-ethyl adjacent to an activating group) is 1. The molecule has 0 saturated carbocycles. The van der Waals surface area contributed by atoms with Crippen LogP contribution in [0, 0.1) is 13.8 Å². The van der Waals surface area contributed by atoms with Crippen molar-refractivity contribution in [2.45, 2.75) is 44.7 Å². The van der Waals surface area contributed by atoms with Crippen molar-refractivity contribution in [3.05, 3.63) is 93.5 Å².